The van der Waals surface area contributed by atoms with Gasteiger partial charge < -0.3 is 14.6 Å². The molecule has 108 valence electrons. The van der Waals surface area contributed by atoms with Gasteiger partial charge in [-0.25, -0.2) is 0 Å². The van der Waals surface area contributed by atoms with Gasteiger partial charge in [0.2, 0.25) is 0 Å². The molecule has 0 amide bonds. The molecule has 0 spiro atoms. The lowest BCUT2D eigenvalue weighted by atomic mass is 10.0. The van der Waals surface area contributed by atoms with E-state index in [9.17, 15) is 0 Å². The quantitative estimate of drug-likeness (QED) is 0.837. The van der Waals surface area contributed by atoms with Crippen LogP contribution in [0.4, 0.5) is 0 Å². The van der Waals surface area contributed by atoms with Crippen molar-refractivity contribution in [3.63, 3.8) is 0 Å². The van der Waals surface area contributed by atoms with Crippen LogP contribution in [0.3, 0.4) is 0 Å². The van der Waals surface area contributed by atoms with Gasteiger partial charge in [-0.1, -0.05) is 37.2 Å². The second kappa shape index (κ2) is 7.10. The monoisotopic (exact) mass is 274 g/mol. The van der Waals surface area contributed by atoms with Crippen LogP contribution in [0.25, 0.3) is 0 Å². The van der Waals surface area contributed by atoms with Gasteiger partial charge in [0.15, 0.2) is 0 Å². The molecule has 0 fully saturated rings. The number of hydrogen-bond acceptors (Lipinski definition) is 4. The lowest BCUT2D eigenvalue weighted by Gasteiger charge is -2.19. The van der Waals surface area contributed by atoms with E-state index in [1.807, 2.05) is 31.2 Å². The van der Waals surface area contributed by atoms with Crippen LogP contribution < -0.4 is 10.1 Å². The molecule has 4 heteroatoms. The Bertz CT molecular complexity index is 537. The van der Waals surface area contributed by atoms with Crippen LogP contribution in [0.5, 0.6) is 5.75 Å². The third kappa shape index (κ3) is 3.61. The van der Waals surface area contributed by atoms with Crippen molar-refractivity contribution in [2.24, 2.45) is 0 Å². The van der Waals surface area contributed by atoms with Gasteiger partial charge in [0, 0.05) is 17.7 Å². The maximum atomic E-state index is 5.90. The molecule has 20 heavy (non-hydrogen) atoms. The first-order valence-corrected chi connectivity index (χ1v) is 7.11. The number of nitrogens with one attached hydrogen (secondary N) is 1. The van der Waals surface area contributed by atoms with E-state index in [-0.39, 0.29) is 0 Å². The third-order valence-electron chi connectivity index (χ3n) is 3.21. The molecule has 4 nitrogen and oxygen atoms in total. The molecule has 1 aromatic carbocycles. The van der Waals surface area contributed by atoms with Crippen LogP contribution in [-0.4, -0.2) is 11.7 Å². The Balaban J connectivity index is 2.10. The topological polar surface area (TPSA) is 47.3 Å². The lowest BCUT2D eigenvalue weighted by molar-refractivity contribution is 0.282. The van der Waals surface area contributed by atoms with Crippen molar-refractivity contribution in [1.29, 1.82) is 0 Å². The fourth-order valence-electron chi connectivity index (χ4n) is 2.26. The van der Waals surface area contributed by atoms with Crippen LogP contribution in [0.1, 0.15) is 43.3 Å². The molecule has 2 rings (SSSR count). The standard InChI is InChI=1S/C16H22N2O2/c1-4-15(17-5-2)14-8-6-7-9-16(14)19-11-13-10-12(3)20-18-13/h6-10,15,17H,4-5,11H2,1-3H3. The van der Waals surface area contributed by atoms with Crippen molar-refractivity contribution in [1.82, 2.24) is 10.5 Å². The number of ether oxygens (including phenoxy) is 1. The summed E-state index contributed by atoms with van der Waals surface area (Å²) in [6.07, 6.45) is 1.03. The van der Waals surface area contributed by atoms with Crippen LogP contribution in [0.15, 0.2) is 34.9 Å². The second-order valence-electron chi connectivity index (χ2n) is 4.77. The Kier molecular flexibility index (Phi) is 5.18. The second-order valence-corrected chi connectivity index (χ2v) is 4.77. The highest BCUT2D eigenvalue weighted by Gasteiger charge is 2.13. The summed E-state index contributed by atoms with van der Waals surface area (Å²) >= 11 is 0. The molecule has 1 unspecified atom stereocenters. The Morgan fingerprint density at radius 3 is 2.75 bits per heavy atom. The number of aromatic nitrogens is 1. The van der Waals surface area contributed by atoms with Gasteiger partial charge in [0.25, 0.3) is 0 Å². The average molecular weight is 274 g/mol. The Morgan fingerprint density at radius 2 is 2.10 bits per heavy atom. The van der Waals surface area contributed by atoms with E-state index in [2.05, 4.69) is 30.4 Å². The molecule has 1 atom stereocenters. The van der Waals surface area contributed by atoms with Crippen LogP contribution in [-0.2, 0) is 6.61 Å². The minimum Gasteiger partial charge on any atom is -0.487 e. The Labute approximate surface area is 120 Å². The first kappa shape index (κ1) is 14.6. The van der Waals surface area contributed by atoms with E-state index in [1.54, 1.807) is 0 Å². The summed E-state index contributed by atoms with van der Waals surface area (Å²) < 4.78 is 11.0. The first-order chi connectivity index (χ1) is 9.74. The predicted octanol–water partition coefficient (Wildman–Crippen LogP) is 3.62. The Morgan fingerprint density at radius 1 is 1.30 bits per heavy atom. The molecule has 0 aliphatic carbocycles. The normalized spacial score (nSPS) is 12.3. The highest BCUT2D eigenvalue weighted by Crippen LogP contribution is 2.27. The van der Waals surface area contributed by atoms with E-state index < -0.39 is 0 Å². The maximum absolute atomic E-state index is 5.90. The molecule has 0 aliphatic rings. The van der Waals surface area contributed by atoms with E-state index in [4.69, 9.17) is 9.26 Å². The van der Waals surface area contributed by atoms with Crippen molar-refractivity contribution < 1.29 is 9.26 Å². The molecule has 0 bridgehead atoms. The lowest BCUT2D eigenvalue weighted by Crippen LogP contribution is -2.20. The minimum absolute atomic E-state index is 0.315. The number of para-hydroxylation sites is 1. The molecule has 1 heterocycles. The zero-order chi connectivity index (χ0) is 14.4. The smallest absolute Gasteiger partial charge is 0.134 e. The zero-order valence-corrected chi connectivity index (χ0v) is 12.3. The molecule has 1 N–H and O–H groups in total. The Hall–Kier alpha value is -1.81. The van der Waals surface area contributed by atoms with Crippen LogP contribution in [0, 0.1) is 6.92 Å². The number of rotatable bonds is 7. The van der Waals surface area contributed by atoms with E-state index >= 15 is 0 Å². The summed E-state index contributed by atoms with van der Waals surface area (Å²) in [6.45, 7) is 7.53. The van der Waals surface area contributed by atoms with Gasteiger partial charge in [-0.15, -0.1) is 0 Å². The van der Waals surface area contributed by atoms with Gasteiger partial charge in [0.1, 0.15) is 23.8 Å². The molecule has 0 saturated carbocycles. The van der Waals surface area contributed by atoms with Gasteiger partial charge in [-0.3, -0.25) is 0 Å². The molecule has 0 saturated heterocycles. The molecule has 0 aliphatic heterocycles. The SMILES string of the molecule is CCNC(CC)c1ccccc1OCc1cc(C)on1. The fraction of sp³-hybridized carbons (Fsp3) is 0.438. The maximum Gasteiger partial charge on any atom is 0.134 e. The molecular weight excluding hydrogens is 252 g/mol. The van der Waals surface area contributed by atoms with Crippen molar-refractivity contribution in [3.05, 3.63) is 47.3 Å². The third-order valence-corrected chi connectivity index (χ3v) is 3.21. The number of aryl methyl sites for hydroxylation is 1. The molecular formula is C16H22N2O2. The number of nitrogens with zero attached hydrogens (tertiary/aromatic N) is 1. The van der Waals surface area contributed by atoms with Crippen LogP contribution >= 0.6 is 0 Å². The zero-order valence-electron chi connectivity index (χ0n) is 12.3. The summed E-state index contributed by atoms with van der Waals surface area (Å²) in [5.74, 6) is 1.71. The summed E-state index contributed by atoms with van der Waals surface area (Å²) in [5, 5.41) is 7.42. The molecule has 0 radical (unpaired) electrons. The summed E-state index contributed by atoms with van der Waals surface area (Å²) in [6, 6.07) is 10.4. The van der Waals surface area contributed by atoms with Crippen LogP contribution in [0.2, 0.25) is 0 Å². The van der Waals surface area contributed by atoms with Gasteiger partial charge in [-0.2, -0.15) is 0 Å². The highest BCUT2D eigenvalue weighted by atomic mass is 16.5. The first-order valence-electron chi connectivity index (χ1n) is 7.11. The number of benzene rings is 1. The van der Waals surface area contributed by atoms with E-state index in [0.717, 1.165) is 30.2 Å². The molecule has 1 aromatic heterocycles. The van der Waals surface area contributed by atoms with E-state index in [0.29, 0.717) is 12.6 Å². The van der Waals surface area contributed by atoms with Gasteiger partial charge in [0.05, 0.1) is 0 Å². The molecule has 2 aromatic rings. The number of hydrogen-bond donors (Lipinski definition) is 1. The van der Waals surface area contributed by atoms with Crippen molar-refractivity contribution in [2.45, 2.75) is 39.8 Å². The van der Waals surface area contributed by atoms with Crippen molar-refractivity contribution in [3.8, 4) is 5.75 Å². The van der Waals surface area contributed by atoms with Crippen molar-refractivity contribution >= 4 is 0 Å². The summed E-state index contributed by atoms with van der Waals surface area (Å²) in [7, 11) is 0. The summed E-state index contributed by atoms with van der Waals surface area (Å²) in [4.78, 5) is 0. The minimum atomic E-state index is 0.315. The largest absolute Gasteiger partial charge is 0.487 e. The highest BCUT2D eigenvalue weighted by molar-refractivity contribution is 5.36. The summed E-state index contributed by atoms with van der Waals surface area (Å²) in [5.41, 5.74) is 2.01. The van der Waals surface area contributed by atoms with E-state index in [1.165, 1.54) is 5.56 Å². The fourth-order valence-corrected chi connectivity index (χ4v) is 2.26. The average Bonchev–Trinajstić information content (AvgIpc) is 2.89. The van der Waals surface area contributed by atoms with Gasteiger partial charge >= 0.3 is 0 Å². The van der Waals surface area contributed by atoms with Gasteiger partial charge in [-0.05, 0) is 26.0 Å². The van der Waals surface area contributed by atoms with Crippen molar-refractivity contribution in [2.75, 3.05) is 6.54 Å². The predicted molar refractivity (Wildman–Crippen MR) is 78.7 cm³/mol.